The molecule has 4 heteroatoms. The number of para-hydroxylation sites is 1. The zero-order valence-corrected chi connectivity index (χ0v) is 13.2. The van der Waals surface area contributed by atoms with Gasteiger partial charge < -0.3 is 10.6 Å². The molecule has 3 rings (SSSR count). The van der Waals surface area contributed by atoms with Crippen LogP contribution in [0.25, 0.3) is 0 Å². The summed E-state index contributed by atoms with van der Waals surface area (Å²) in [6, 6.07) is 8.01. The van der Waals surface area contributed by atoms with E-state index in [1.165, 1.54) is 10.4 Å². The van der Waals surface area contributed by atoms with Crippen molar-refractivity contribution in [2.24, 2.45) is 0 Å². The van der Waals surface area contributed by atoms with Gasteiger partial charge in [-0.3, -0.25) is 4.79 Å². The zero-order valence-electron chi connectivity index (χ0n) is 12.4. The molecule has 2 N–H and O–H groups in total. The number of amides is 1. The Balaban J connectivity index is 1.97. The van der Waals surface area contributed by atoms with Gasteiger partial charge in [0.2, 0.25) is 0 Å². The Kier molecular flexibility index (Phi) is 3.72. The van der Waals surface area contributed by atoms with E-state index < -0.39 is 0 Å². The molecule has 1 aromatic heterocycles. The number of fused-ring (bicyclic) bond motifs is 1. The Hall–Kier alpha value is -1.81. The number of carbonyl (C=O) groups excluding carboxylic acids is 1. The fourth-order valence-corrected chi connectivity index (χ4v) is 4.03. The highest BCUT2D eigenvalue weighted by molar-refractivity contribution is 7.10. The molecule has 1 aliphatic rings. The normalized spacial score (nSPS) is 17.6. The lowest BCUT2D eigenvalue weighted by atomic mass is 9.96. The Morgan fingerprint density at radius 3 is 3.00 bits per heavy atom. The SMILES string of the molecule is CCC1c2ccsc2CCN1C(=O)c1cccc(C)c1N. The lowest BCUT2D eigenvalue weighted by Gasteiger charge is -2.35. The van der Waals surface area contributed by atoms with Crippen LogP contribution in [0.5, 0.6) is 0 Å². The van der Waals surface area contributed by atoms with E-state index in [0.717, 1.165) is 24.9 Å². The molecular formula is C17H20N2OS. The molecule has 110 valence electrons. The van der Waals surface area contributed by atoms with Crippen LogP contribution in [-0.2, 0) is 6.42 Å². The van der Waals surface area contributed by atoms with Crippen molar-refractivity contribution in [1.82, 2.24) is 4.90 Å². The largest absolute Gasteiger partial charge is 0.398 e. The van der Waals surface area contributed by atoms with Crippen molar-refractivity contribution < 1.29 is 4.79 Å². The van der Waals surface area contributed by atoms with Gasteiger partial charge in [-0.25, -0.2) is 0 Å². The monoisotopic (exact) mass is 300 g/mol. The molecule has 2 heterocycles. The maximum atomic E-state index is 12.9. The van der Waals surface area contributed by atoms with E-state index >= 15 is 0 Å². The molecule has 1 aromatic carbocycles. The van der Waals surface area contributed by atoms with Gasteiger partial charge in [-0.05, 0) is 48.4 Å². The molecule has 21 heavy (non-hydrogen) atoms. The second-order valence-electron chi connectivity index (χ2n) is 5.51. The molecule has 0 aliphatic carbocycles. The fraction of sp³-hybridized carbons (Fsp3) is 0.353. The van der Waals surface area contributed by atoms with Crippen molar-refractivity contribution in [2.75, 3.05) is 12.3 Å². The first kappa shape index (κ1) is 14.1. The fourth-order valence-electron chi connectivity index (χ4n) is 3.10. The van der Waals surface area contributed by atoms with Gasteiger partial charge >= 0.3 is 0 Å². The van der Waals surface area contributed by atoms with Crippen LogP contribution < -0.4 is 5.73 Å². The third kappa shape index (κ3) is 2.33. The molecule has 0 saturated heterocycles. The molecule has 2 aromatic rings. The summed E-state index contributed by atoms with van der Waals surface area (Å²) in [6.07, 6.45) is 1.88. The van der Waals surface area contributed by atoms with Crippen LogP contribution >= 0.6 is 11.3 Å². The van der Waals surface area contributed by atoms with Crippen molar-refractivity contribution >= 4 is 22.9 Å². The number of aryl methyl sites for hydroxylation is 1. The minimum Gasteiger partial charge on any atom is -0.398 e. The summed E-state index contributed by atoms with van der Waals surface area (Å²) in [5.74, 6) is 0.0555. The standard InChI is InChI=1S/C17H20N2OS/c1-3-14-12-8-10-21-15(12)7-9-19(14)17(20)13-6-4-5-11(2)16(13)18/h4-6,8,10,14H,3,7,9,18H2,1-2H3. The number of hydrogen-bond donors (Lipinski definition) is 1. The van der Waals surface area contributed by atoms with Crippen LogP contribution in [0.2, 0.25) is 0 Å². The van der Waals surface area contributed by atoms with Gasteiger partial charge in [0.15, 0.2) is 0 Å². The summed E-state index contributed by atoms with van der Waals surface area (Å²) >= 11 is 1.80. The first-order valence-electron chi connectivity index (χ1n) is 7.35. The molecule has 0 spiro atoms. The number of thiophene rings is 1. The molecule has 3 nitrogen and oxygen atoms in total. The van der Waals surface area contributed by atoms with E-state index in [0.29, 0.717) is 11.3 Å². The number of nitrogen functional groups attached to an aromatic ring is 1. The summed E-state index contributed by atoms with van der Waals surface area (Å²) in [5, 5.41) is 2.13. The Bertz CT molecular complexity index is 677. The van der Waals surface area contributed by atoms with E-state index in [4.69, 9.17) is 5.73 Å². The van der Waals surface area contributed by atoms with Gasteiger partial charge in [0, 0.05) is 17.1 Å². The molecule has 1 amide bonds. The van der Waals surface area contributed by atoms with Crippen molar-refractivity contribution in [2.45, 2.75) is 32.7 Å². The number of rotatable bonds is 2. The summed E-state index contributed by atoms with van der Waals surface area (Å²) in [6.45, 7) is 4.85. The van der Waals surface area contributed by atoms with Crippen molar-refractivity contribution in [3.8, 4) is 0 Å². The highest BCUT2D eigenvalue weighted by Gasteiger charge is 2.31. The Labute approximate surface area is 129 Å². The zero-order chi connectivity index (χ0) is 15.0. The highest BCUT2D eigenvalue weighted by Crippen LogP contribution is 2.36. The average Bonchev–Trinajstić information content (AvgIpc) is 2.96. The second-order valence-corrected chi connectivity index (χ2v) is 6.51. The molecule has 1 unspecified atom stereocenters. The van der Waals surface area contributed by atoms with Gasteiger partial charge in [-0.2, -0.15) is 0 Å². The van der Waals surface area contributed by atoms with E-state index in [-0.39, 0.29) is 11.9 Å². The summed E-state index contributed by atoms with van der Waals surface area (Å²) < 4.78 is 0. The molecule has 0 radical (unpaired) electrons. The third-order valence-electron chi connectivity index (χ3n) is 4.30. The summed E-state index contributed by atoms with van der Waals surface area (Å²) in [7, 11) is 0. The van der Waals surface area contributed by atoms with E-state index in [1.54, 1.807) is 11.3 Å². The Morgan fingerprint density at radius 2 is 2.24 bits per heavy atom. The predicted molar refractivity (Wildman–Crippen MR) is 87.7 cm³/mol. The van der Waals surface area contributed by atoms with Gasteiger partial charge in [0.25, 0.3) is 5.91 Å². The van der Waals surface area contributed by atoms with Crippen LogP contribution in [-0.4, -0.2) is 17.4 Å². The minimum atomic E-state index is 0.0555. The van der Waals surface area contributed by atoms with Crippen LogP contribution in [0.15, 0.2) is 29.6 Å². The molecule has 0 bridgehead atoms. The van der Waals surface area contributed by atoms with Crippen molar-refractivity contribution in [1.29, 1.82) is 0 Å². The molecular weight excluding hydrogens is 280 g/mol. The first-order valence-corrected chi connectivity index (χ1v) is 8.23. The number of nitrogens with two attached hydrogens (primary N) is 1. The lowest BCUT2D eigenvalue weighted by molar-refractivity contribution is 0.0658. The number of hydrogen-bond acceptors (Lipinski definition) is 3. The van der Waals surface area contributed by atoms with Gasteiger partial charge in [0.1, 0.15) is 0 Å². The quantitative estimate of drug-likeness (QED) is 0.858. The van der Waals surface area contributed by atoms with Crippen LogP contribution in [0.3, 0.4) is 0 Å². The van der Waals surface area contributed by atoms with Gasteiger partial charge in [0.05, 0.1) is 11.6 Å². The average molecular weight is 300 g/mol. The number of carbonyl (C=O) groups is 1. The highest BCUT2D eigenvalue weighted by atomic mass is 32.1. The maximum Gasteiger partial charge on any atom is 0.256 e. The Morgan fingerprint density at radius 1 is 1.43 bits per heavy atom. The minimum absolute atomic E-state index is 0.0555. The summed E-state index contributed by atoms with van der Waals surface area (Å²) in [5.41, 5.74) is 9.62. The predicted octanol–water partition coefficient (Wildman–Crippen LogP) is 3.79. The van der Waals surface area contributed by atoms with Crippen LogP contribution in [0.1, 0.15) is 45.7 Å². The van der Waals surface area contributed by atoms with Gasteiger partial charge in [-0.15, -0.1) is 11.3 Å². The van der Waals surface area contributed by atoms with Crippen molar-refractivity contribution in [3.63, 3.8) is 0 Å². The number of nitrogens with zero attached hydrogens (tertiary/aromatic N) is 1. The third-order valence-corrected chi connectivity index (χ3v) is 5.29. The van der Waals surface area contributed by atoms with Gasteiger partial charge in [-0.1, -0.05) is 19.1 Å². The molecule has 1 aliphatic heterocycles. The molecule has 0 saturated carbocycles. The topological polar surface area (TPSA) is 46.3 Å². The molecule has 1 atom stereocenters. The maximum absolute atomic E-state index is 12.9. The second kappa shape index (κ2) is 5.53. The van der Waals surface area contributed by atoms with Crippen molar-refractivity contribution in [3.05, 3.63) is 51.2 Å². The number of benzene rings is 1. The van der Waals surface area contributed by atoms with E-state index in [9.17, 15) is 4.79 Å². The lowest BCUT2D eigenvalue weighted by Crippen LogP contribution is -2.39. The van der Waals surface area contributed by atoms with E-state index in [1.807, 2.05) is 30.0 Å². The van der Waals surface area contributed by atoms with E-state index in [2.05, 4.69) is 18.4 Å². The number of anilines is 1. The molecule has 0 fully saturated rings. The smallest absolute Gasteiger partial charge is 0.256 e. The first-order chi connectivity index (χ1) is 10.1. The van der Waals surface area contributed by atoms with Crippen LogP contribution in [0.4, 0.5) is 5.69 Å². The van der Waals surface area contributed by atoms with Crippen LogP contribution in [0, 0.1) is 6.92 Å². The summed E-state index contributed by atoms with van der Waals surface area (Å²) in [4.78, 5) is 16.3.